The molecule has 0 saturated carbocycles. The number of aliphatic hydroxyl groups excluding tert-OH is 3. The standard InChI is InChI=1S/C6H14O6/c7-3-5(9)4(8)1-2-6(10,11)12/h4-5,7-12H,1-3H2. The molecule has 0 aliphatic heterocycles. The molecule has 12 heavy (non-hydrogen) atoms. The minimum absolute atomic E-state index is 0.217. The Morgan fingerprint density at radius 3 is 1.83 bits per heavy atom. The Balaban J connectivity index is 3.64. The molecule has 6 nitrogen and oxygen atoms in total. The molecule has 0 amide bonds. The molecule has 0 aliphatic rings. The maximum atomic E-state index is 8.94. The fourth-order valence-corrected chi connectivity index (χ4v) is 0.656. The molecule has 0 radical (unpaired) electrons. The first-order valence-corrected chi connectivity index (χ1v) is 3.51. The highest BCUT2D eigenvalue weighted by atomic mass is 16.7. The van der Waals surface area contributed by atoms with Crippen LogP contribution >= 0.6 is 0 Å². The fourth-order valence-electron chi connectivity index (χ4n) is 0.656. The molecule has 0 fully saturated rings. The van der Waals surface area contributed by atoms with E-state index in [-0.39, 0.29) is 6.42 Å². The van der Waals surface area contributed by atoms with Crippen molar-refractivity contribution in [3.05, 3.63) is 0 Å². The van der Waals surface area contributed by atoms with E-state index in [0.29, 0.717) is 0 Å². The van der Waals surface area contributed by atoms with Crippen LogP contribution in [-0.4, -0.2) is 55.4 Å². The third-order valence-electron chi connectivity index (χ3n) is 1.41. The van der Waals surface area contributed by atoms with Crippen molar-refractivity contribution >= 4 is 0 Å². The van der Waals surface area contributed by atoms with E-state index in [9.17, 15) is 0 Å². The highest BCUT2D eigenvalue weighted by Crippen LogP contribution is 2.09. The van der Waals surface area contributed by atoms with E-state index >= 15 is 0 Å². The summed E-state index contributed by atoms with van der Waals surface area (Å²) in [7, 11) is 0. The second kappa shape index (κ2) is 4.70. The zero-order valence-electron chi connectivity index (χ0n) is 6.46. The molecule has 0 aromatic carbocycles. The van der Waals surface area contributed by atoms with E-state index in [1.165, 1.54) is 0 Å². The first-order valence-electron chi connectivity index (χ1n) is 3.51. The summed E-state index contributed by atoms with van der Waals surface area (Å²) in [6.07, 6.45) is -3.32. The monoisotopic (exact) mass is 182 g/mol. The van der Waals surface area contributed by atoms with Crippen molar-refractivity contribution in [2.24, 2.45) is 0 Å². The summed E-state index contributed by atoms with van der Waals surface area (Å²) in [5.74, 6) is -2.84. The summed E-state index contributed by atoms with van der Waals surface area (Å²) in [6, 6.07) is 0. The summed E-state index contributed by atoms with van der Waals surface area (Å²) in [5, 5.41) is 51.2. The Kier molecular flexibility index (Phi) is 4.61. The lowest BCUT2D eigenvalue weighted by Gasteiger charge is -2.19. The molecule has 0 aromatic heterocycles. The van der Waals surface area contributed by atoms with Crippen LogP contribution in [0.15, 0.2) is 0 Å². The van der Waals surface area contributed by atoms with E-state index in [2.05, 4.69) is 0 Å². The molecule has 0 aromatic rings. The zero-order chi connectivity index (χ0) is 9.78. The number of rotatable bonds is 5. The lowest BCUT2D eigenvalue weighted by atomic mass is 10.1. The molecule has 0 saturated heterocycles. The third kappa shape index (κ3) is 5.42. The SMILES string of the molecule is OCC(O)C(O)CCC(O)(O)O. The topological polar surface area (TPSA) is 121 Å². The minimum Gasteiger partial charge on any atom is -0.394 e. The van der Waals surface area contributed by atoms with Gasteiger partial charge in [0.05, 0.1) is 12.7 Å². The van der Waals surface area contributed by atoms with Gasteiger partial charge in [0.15, 0.2) is 0 Å². The van der Waals surface area contributed by atoms with Crippen molar-refractivity contribution in [3.63, 3.8) is 0 Å². The Bertz CT molecular complexity index is 120. The van der Waals surface area contributed by atoms with Crippen LogP contribution in [-0.2, 0) is 0 Å². The summed E-state index contributed by atoms with van der Waals surface area (Å²) in [5.41, 5.74) is 0. The first-order chi connectivity index (χ1) is 5.37. The second-order valence-electron chi connectivity index (χ2n) is 2.63. The van der Waals surface area contributed by atoms with Crippen LogP contribution in [0.2, 0.25) is 0 Å². The molecular weight excluding hydrogens is 168 g/mol. The molecule has 6 N–H and O–H groups in total. The van der Waals surface area contributed by atoms with Crippen LogP contribution in [0.25, 0.3) is 0 Å². The van der Waals surface area contributed by atoms with Gasteiger partial charge < -0.3 is 30.6 Å². The average molecular weight is 182 g/mol. The molecule has 0 heterocycles. The van der Waals surface area contributed by atoms with Crippen molar-refractivity contribution < 1.29 is 30.6 Å². The Labute approximate surface area is 69.3 Å². The molecule has 74 valence electrons. The second-order valence-corrected chi connectivity index (χ2v) is 2.63. The van der Waals surface area contributed by atoms with Crippen molar-refractivity contribution in [2.75, 3.05) is 6.61 Å². The van der Waals surface area contributed by atoms with Crippen molar-refractivity contribution in [3.8, 4) is 0 Å². The lowest BCUT2D eigenvalue weighted by Crippen LogP contribution is -2.34. The van der Waals surface area contributed by atoms with Gasteiger partial charge in [-0.2, -0.15) is 0 Å². The molecule has 0 bridgehead atoms. The van der Waals surface area contributed by atoms with E-state index in [1.807, 2.05) is 0 Å². The van der Waals surface area contributed by atoms with E-state index in [4.69, 9.17) is 30.6 Å². The number of hydrogen-bond donors (Lipinski definition) is 6. The smallest absolute Gasteiger partial charge is 0.275 e. The summed E-state index contributed by atoms with van der Waals surface area (Å²) in [4.78, 5) is 0. The largest absolute Gasteiger partial charge is 0.394 e. The molecule has 2 unspecified atom stereocenters. The fraction of sp³-hybridized carbons (Fsp3) is 1.00. The number of aliphatic hydroxyl groups is 6. The third-order valence-corrected chi connectivity index (χ3v) is 1.41. The van der Waals surface area contributed by atoms with Crippen LogP contribution in [0.5, 0.6) is 0 Å². The van der Waals surface area contributed by atoms with Gasteiger partial charge in [-0.25, -0.2) is 0 Å². The van der Waals surface area contributed by atoms with Crippen molar-refractivity contribution in [1.82, 2.24) is 0 Å². The first kappa shape index (κ1) is 11.8. The molecule has 2 atom stereocenters. The minimum atomic E-state index is -2.84. The molecule has 0 aliphatic carbocycles. The normalized spacial score (nSPS) is 17.5. The average Bonchev–Trinajstić information content (AvgIpc) is 1.97. The number of hydrogen-bond acceptors (Lipinski definition) is 6. The van der Waals surface area contributed by atoms with Crippen molar-refractivity contribution in [2.45, 2.75) is 31.0 Å². The van der Waals surface area contributed by atoms with Gasteiger partial charge in [0, 0.05) is 6.42 Å². The van der Waals surface area contributed by atoms with Crippen LogP contribution in [0.1, 0.15) is 12.8 Å². The quantitative estimate of drug-likeness (QED) is 0.254. The lowest BCUT2D eigenvalue weighted by molar-refractivity contribution is -0.317. The Morgan fingerprint density at radius 2 is 1.50 bits per heavy atom. The van der Waals surface area contributed by atoms with Crippen LogP contribution in [0.4, 0.5) is 0 Å². The zero-order valence-corrected chi connectivity index (χ0v) is 6.46. The highest BCUT2D eigenvalue weighted by Gasteiger charge is 2.23. The summed E-state index contributed by atoms with van der Waals surface area (Å²) < 4.78 is 0. The van der Waals surface area contributed by atoms with E-state index in [0.717, 1.165) is 0 Å². The molecule has 0 rings (SSSR count). The highest BCUT2D eigenvalue weighted by molar-refractivity contribution is 4.66. The van der Waals surface area contributed by atoms with Gasteiger partial charge in [0.25, 0.3) is 5.97 Å². The summed E-state index contributed by atoms with van der Waals surface area (Å²) >= 11 is 0. The predicted octanol–water partition coefficient (Wildman–Crippen LogP) is -2.89. The van der Waals surface area contributed by atoms with Gasteiger partial charge in [-0.1, -0.05) is 0 Å². The van der Waals surface area contributed by atoms with Gasteiger partial charge in [0.1, 0.15) is 6.10 Å². The van der Waals surface area contributed by atoms with E-state index < -0.39 is 31.2 Å². The molecule has 0 spiro atoms. The van der Waals surface area contributed by atoms with Crippen LogP contribution < -0.4 is 0 Å². The van der Waals surface area contributed by atoms with E-state index in [1.54, 1.807) is 0 Å². The van der Waals surface area contributed by atoms with Gasteiger partial charge >= 0.3 is 0 Å². The van der Waals surface area contributed by atoms with Crippen LogP contribution in [0.3, 0.4) is 0 Å². The van der Waals surface area contributed by atoms with Gasteiger partial charge in [-0.3, -0.25) is 0 Å². The maximum absolute atomic E-state index is 8.94. The van der Waals surface area contributed by atoms with Gasteiger partial charge in [-0.15, -0.1) is 0 Å². The van der Waals surface area contributed by atoms with Gasteiger partial charge in [-0.05, 0) is 6.42 Å². The maximum Gasteiger partial charge on any atom is 0.275 e. The predicted molar refractivity (Wildman–Crippen MR) is 37.7 cm³/mol. The van der Waals surface area contributed by atoms with Gasteiger partial charge in [0.2, 0.25) is 0 Å². The Morgan fingerprint density at radius 1 is 1.00 bits per heavy atom. The molecule has 6 heteroatoms. The van der Waals surface area contributed by atoms with Crippen molar-refractivity contribution in [1.29, 1.82) is 0 Å². The summed E-state index contributed by atoms with van der Waals surface area (Å²) in [6.45, 7) is -0.615. The molecular formula is C6H14O6. The van der Waals surface area contributed by atoms with Crippen LogP contribution in [0, 0.1) is 0 Å². The Hall–Kier alpha value is -0.240.